The van der Waals surface area contributed by atoms with E-state index in [9.17, 15) is 4.79 Å². The van der Waals surface area contributed by atoms with Crippen LogP contribution in [-0.2, 0) is 12.8 Å². The first-order valence-corrected chi connectivity index (χ1v) is 5.56. The van der Waals surface area contributed by atoms with Gasteiger partial charge in [0.1, 0.15) is 10.2 Å². The van der Waals surface area contributed by atoms with Crippen molar-refractivity contribution in [1.29, 1.82) is 0 Å². The maximum atomic E-state index is 11.5. The molecule has 0 spiro atoms. The number of thiophene rings is 1. The molecule has 0 atom stereocenters. The first-order chi connectivity index (χ1) is 6.86. The predicted octanol–water partition coefficient (Wildman–Crippen LogP) is 2.13. The third-order valence-electron chi connectivity index (χ3n) is 2.69. The number of aryl methyl sites for hydroxylation is 2. The molecule has 2 aromatic rings. The summed E-state index contributed by atoms with van der Waals surface area (Å²) in [6, 6.07) is 0. The lowest BCUT2D eigenvalue weighted by Crippen LogP contribution is -2.04. The summed E-state index contributed by atoms with van der Waals surface area (Å²) in [6.07, 6.45) is 5.74. The molecule has 1 aliphatic carbocycles. The van der Waals surface area contributed by atoms with Gasteiger partial charge in [0, 0.05) is 4.88 Å². The number of hydrogen-bond donors (Lipinski definition) is 0. The van der Waals surface area contributed by atoms with Gasteiger partial charge in [0.15, 0.2) is 6.39 Å². The highest BCUT2D eigenvalue weighted by molar-refractivity contribution is 7.18. The summed E-state index contributed by atoms with van der Waals surface area (Å²) in [5.41, 5.74) is 0.965. The highest BCUT2D eigenvalue weighted by atomic mass is 32.1. The lowest BCUT2D eigenvalue weighted by molar-refractivity contribution is 0.501. The van der Waals surface area contributed by atoms with E-state index in [0.717, 1.165) is 23.1 Å². The lowest BCUT2D eigenvalue weighted by Gasteiger charge is -2.09. The van der Waals surface area contributed by atoms with E-state index in [1.54, 1.807) is 11.3 Å². The predicted molar refractivity (Wildman–Crippen MR) is 54.8 cm³/mol. The van der Waals surface area contributed by atoms with Crippen LogP contribution in [0.5, 0.6) is 0 Å². The summed E-state index contributed by atoms with van der Waals surface area (Å²) in [4.78, 5) is 17.8. The second-order valence-electron chi connectivity index (χ2n) is 3.53. The van der Waals surface area contributed by atoms with E-state index in [1.807, 2.05) is 0 Å². The topological polar surface area (TPSA) is 43.1 Å². The highest BCUT2D eigenvalue weighted by Gasteiger charge is 2.19. The van der Waals surface area contributed by atoms with Gasteiger partial charge in [0.2, 0.25) is 0 Å². The van der Waals surface area contributed by atoms with Crippen molar-refractivity contribution in [3.8, 4) is 0 Å². The highest BCUT2D eigenvalue weighted by Crippen LogP contribution is 2.33. The maximum absolute atomic E-state index is 11.5. The van der Waals surface area contributed by atoms with Crippen molar-refractivity contribution in [3.05, 3.63) is 27.3 Å². The monoisotopic (exact) mass is 207 g/mol. The van der Waals surface area contributed by atoms with Crippen LogP contribution in [-0.4, -0.2) is 4.98 Å². The molecule has 14 heavy (non-hydrogen) atoms. The van der Waals surface area contributed by atoms with Crippen molar-refractivity contribution in [2.24, 2.45) is 0 Å². The molecule has 0 amide bonds. The van der Waals surface area contributed by atoms with Crippen LogP contribution in [0.4, 0.5) is 0 Å². The molecule has 2 aromatic heterocycles. The normalized spacial score (nSPS) is 15.7. The van der Waals surface area contributed by atoms with Gasteiger partial charge in [-0.1, -0.05) is 0 Å². The largest absolute Gasteiger partial charge is 0.411 e. The molecule has 0 radical (unpaired) electrons. The first kappa shape index (κ1) is 8.17. The average Bonchev–Trinajstić information content (AvgIpc) is 2.57. The molecule has 0 aromatic carbocycles. The zero-order valence-corrected chi connectivity index (χ0v) is 8.39. The number of aromatic nitrogens is 1. The Morgan fingerprint density at radius 2 is 2.21 bits per heavy atom. The minimum absolute atomic E-state index is 0.227. The van der Waals surface area contributed by atoms with E-state index in [1.165, 1.54) is 29.7 Å². The summed E-state index contributed by atoms with van der Waals surface area (Å²) in [5.74, 6) is 0. The Balaban J connectivity index is 2.44. The third kappa shape index (κ3) is 1.04. The van der Waals surface area contributed by atoms with Gasteiger partial charge in [-0.05, 0) is 31.2 Å². The minimum atomic E-state index is -0.227. The minimum Gasteiger partial charge on any atom is -0.411 e. The van der Waals surface area contributed by atoms with Crippen molar-refractivity contribution in [3.63, 3.8) is 0 Å². The van der Waals surface area contributed by atoms with Gasteiger partial charge in [-0.25, -0.2) is 9.78 Å². The summed E-state index contributed by atoms with van der Waals surface area (Å²) >= 11 is 1.64. The van der Waals surface area contributed by atoms with Gasteiger partial charge in [-0.2, -0.15) is 0 Å². The molecular formula is C10H9NO2S. The van der Waals surface area contributed by atoms with Crippen molar-refractivity contribution < 1.29 is 4.42 Å². The standard InChI is InChI=1S/C10H9NO2S/c12-10-8-6-3-1-2-4-7(6)14-9(8)11-5-13-10/h5H,1-4H2. The van der Waals surface area contributed by atoms with Crippen LogP contribution < -0.4 is 5.63 Å². The van der Waals surface area contributed by atoms with E-state index in [-0.39, 0.29) is 5.63 Å². The summed E-state index contributed by atoms with van der Waals surface area (Å²) < 4.78 is 4.80. The summed E-state index contributed by atoms with van der Waals surface area (Å²) in [5, 5.41) is 0.729. The third-order valence-corrected chi connectivity index (χ3v) is 3.89. The fraction of sp³-hybridized carbons (Fsp3) is 0.400. The van der Waals surface area contributed by atoms with Crippen LogP contribution in [0.25, 0.3) is 10.2 Å². The Hall–Kier alpha value is -1.16. The molecule has 0 saturated carbocycles. The molecule has 0 saturated heterocycles. The van der Waals surface area contributed by atoms with Gasteiger partial charge in [-0.15, -0.1) is 11.3 Å². The Kier molecular flexibility index (Phi) is 1.70. The molecule has 0 unspecified atom stereocenters. The fourth-order valence-corrected chi connectivity index (χ4v) is 3.25. The zero-order chi connectivity index (χ0) is 9.54. The van der Waals surface area contributed by atoms with Crippen LogP contribution in [0.3, 0.4) is 0 Å². The summed E-state index contributed by atoms with van der Waals surface area (Å²) in [7, 11) is 0. The zero-order valence-electron chi connectivity index (χ0n) is 7.58. The molecule has 4 heteroatoms. The Morgan fingerprint density at radius 3 is 3.14 bits per heavy atom. The average molecular weight is 207 g/mol. The Morgan fingerprint density at radius 1 is 1.36 bits per heavy atom. The summed E-state index contributed by atoms with van der Waals surface area (Å²) in [6.45, 7) is 0. The van der Waals surface area contributed by atoms with Crippen molar-refractivity contribution in [2.45, 2.75) is 25.7 Å². The quantitative estimate of drug-likeness (QED) is 0.664. The number of rotatable bonds is 0. The Bertz CT molecular complexity index is 541. The Labute approximate surface area is 84.4 Å². The number of hydrogen-bond acceptors (Lipinski definition) is 4. The van der Waals surface area contributed by atoms with Crippen molar-refractivity contribution >= 4 is 21.6 Å². The van der Waals surface area contributed by atoms with Crippen LogP contribution in [0.1, 0.15) is 23.3 Å². The van der Waals surface area contributed by atoms with Gasteiger partial charge >= 0.3 is 5.63 Å². The molecule has 3 rings (SSSR count). The van der Waals surface area contributed by atoms with Gasteiger partial charge in [-0.3, -0.25) is 0 Å². The fourth-order valence-electron chi connectivity index (χ4n) is 2.03. The van der Waals surface area contributed by atoms with Gasteiger partial charge < -0.3 is 4.42 Å². The smallest absolute Gasteiger partial charge is 0.347 e. The number of nitrogens with zero attached hydrogens (tertiary/aromatic N) is 1. The molecule has 72 valence electrons. The molecular weight excluding hydrogens is 198 g/mol. The van der Waals surface area contributed by atoms with Crippen molar-refractivity contribution in [1.82, 2.24) is 4.98 Å². The van der Waals surface area contributed by atoms with Crippen LogP contribution in [0.2, 0.25) is 0 Å². The van der Waals surface area contributed by atoms with E-state index in [2.05, 4.69) is 4.98 Å². The lowest BCUT2D eigenvalue weighted by atomic mass is 9.97. The van der Waals surface area contributed by atoms with E-state index in [0.29, 0.717) is 0 Å². The van der Waals surface area contributed by atoms with Crippen molar-refractivity contribution in [2.75, 3.05) is 0 Å². The molecule has 0 aliphatic heterocycles. The molecule has 1 aliphatic rings. The molecule has 3 nitrogen and oxygen atoms in total. The molecule has 0 bridgehead atoms. The SMILES string of the molecule is O=c1ocnc2sc3c(c12)CCCC3. The van der Waals surface area contributed by atoms with E-state index >= 15 is 0 Å². The second-order valence-corrected chi connectivity index (χ2v) is 4.61. The number of fused-ring (bicyclic) bond motifs is 3. The first-order valence-electron chi connectivity index (χ1n) is 4.74. The molecule has 0 N–H and O–H groups in total. The van der Waals surface area contributed by atoms with Crippen LogP contribution in [0, 0.1) is 0 Å². The molecule has 2 heterocycles. The maximum Gasteiger partial charge on any atom is 0.347 e. The van der Waals surface area contributed by atoms with E-state index < -0.39 is 0 Å². The van der Waals surface area contributed by atoms with Crippen LogP contribution >= 0.6 is 11.3 Å². The van der Waals surface area contributed by atoms with Gasteiger partial charge in [0.25, 0.3) is 0 Å². The van der Waals surface area contributed by atoms with Crippen LogP contribution in [0.15, 0.2) is 15.6 Å². The second kappa shape index (κ2) is 2.92. The van der Waals surface area contributed by atoms with Gasteiger partial charge in [0.05, 0.1) is 0 Å². The van der Waals surface area contributed by atoms with E-state index in [4.69, 9.17) is 4.42 Å². The molecule has 0 fully saturated rings.